The van der Waals surface area contributed by atoms with Gasteiger partial charge in [-0.3, -0.25) is 9.59 Å². The number of Topliss-reactive ketones (excluding diaryl/α,β-unsaturated/α-hetero) is 1. The lowest BCUT2D eigenvalue weighted by Gasteiger charge is -2.06. The summed E-state index contributed by atoms with van der Waals surface area (Å²) in [6, 6.07) is 14.1. The van der Waals surface area contributed by atoms with Crippen molar-refractivity contribution in [2.75, 3.05) is 5.32 Å². The normalized spacial score (nSPS) is 15.3. The molecule has 1 amide bonds. The number of carboxylic acid groups (broad SMARTS) is 1. The lowest BCUT2D eigenvalue weighted by molar-refractivity contribution is -0.116. The van der Waals surface area contributed by atoms with Crippen LogP contribution in [0, 0.1) is 0 Å². The van der Waals surface area contributed by atoms with Gasteiger partial charge in [0.05, 0.1) is 5.56 Å². The second kappa shape index (κ2) is 6.41. The minimum absolute atomic E-state index is 0.0127. The number of nitrogens with one attached hydrogen (secondary N) is 1. The van der Waals surface area contributed by atoms with Gasteiger partial charge in [-0.15, -0.1) is 0 Å². The molecule has 0 bridgehead atoms. The van der Waals surface area contributed by atoms with E-state index < -0.39 is 23.6 Å². The van der Waals surface area contributed by atoms with Gasteiger partial charge in [0, 0.05) is 16.3 Å². The first kappa shape index (κ1) is 17.1. The van der Waals surface area contributed by atoms with Crippen molar-refractivity contribution < 1.29 is 23.9 Å². The molecule has 1 aliphatic rings. The highest BCUT2D eigenvalue weighted by atomic mass is 35.5. The summed E-state index contributed by atoms with van der Waals surface area (Å²) in [6.45, 7) is 0. The molecular formula is C20H12ClNO5. The maximum absolute atomic E-state index is 12.9. The molecule has 1 aliphatic heterocycles. The van der Waals surface area contributed by atoms with Crippen LogP contribution in [0.2, 0.25) is 5.02 Å². The molecule has 0 fully saturated rings. The standard InChI is InChI=1S/C20H12ClNO5/c21-12-4-5-14-13(9-12)17(19(24)22-14)18(23)16-7-6-15(27-16)10-2-1-3-11(8-10)20(25)26/h1-9,17H,(H,22,24)(H,25,26). The van der Waals surface area contributed by atoms with E-state index in [-0.39, 0.29) is 11.3 Å². The number of ketones is 1. The number of anilines is 1. The summed E-state index contributed by atoms with van der Waals surface area (Å²) < 4.78 is 5.62. The van der Waals surface area contributed by atoms with Crippen LogP contribution in [0.25, 0.3) is 11.3 Å². The largest absolute Gasteiger partial charge is 0.478 e. The predicted molar refractivity (Wildman–Crippen MR) is 98.3 cm³/mol. The zero-order valence-electron chi connectivity index (χ0n) is 13.7. The van der Waals surface area contributed by atoms with Gasteiger partial charge in [-0.2, -0.15) is 0 Å². The SMILES string of the molecule is O=C(O)c1cccc(-c2ccc(C(=O)C3C(=O)Nc4ccc(Cl)cc43)o2)c1. The average molecular weight is 382 g/mol. The van der Waals surface area contributed by atoms with Gasteiger partial charge >= 0.3 is 5.97 Å². The van der Waals surface area contributed by atoms with Crippen molar-refractivity contribution in [1.29, 1.82) is 0 Å². The molecule has 7 heteroatoms. The van der Waals surface area contributed by atoms with Crippen molar-refractivity contribution in [3.05, 3.63) is 76.5 Å². The molecule has 0 saturated heterocycles. The molecule has 134 valence electrons. The summed E-state index contributed by atoms with van der Waals surface area (Å²) in [5, 5.41) is 12.2. The number of rotatable bonds is 4. The fraction of sp³-hybridized carbons (Fsp3) is 0.0500. The van der Waals surface area contributed by atoms with Crippen molar-refractivity contribution in [1.82, 2.24) is 0 Å². The van der Waals surface area contributed by atoms with Crippen LogP contribution in [0.3, 0.4) is 0 Å². The van der Waals surface area contributed by atoms with E-state index in [0.29, 0.717) is 27.6 Å². The fourth-order valence-electron chi connectivity index (χ4n) is 3.07. The number of fused-ring (bicyclic) bond motifs is 1. The van der Waals surface area contributed by atoms with Crippen LogP contribution in [0.5, 0.6) is 0 Å². The first-order chi connectivity index (χ1) is 12.9. The Kier molecular flexibility index (Phi) is 4.05. The number of aromatic carboxylic acids is 1. The number of amides is 1. The zero-order valence-corrected chi connectivity index (χ0v) is 14.5. The molecule has 2 N–H and O–H groups in total. The maximum atomic E-state index is 12.9. The number of carbonyl (C=O) groups is 3. The molecule has 3 aromatic rings. The minimum atomic E-state index is -1.06. The highest BCUT2D eigenvalue weighted by molar-refractivity contribution is 6.31. The minimum Gasteiger partial charge on any atom is -0.478 e. The van der Waals surface area contributed by atoms with Gasteiger partial charge < -0.3 is 14.8 Å². The van der Waals surface area contributed by atoms with Crippen molar-refractivity contribution in [2.45, 2.75) is 5.92 Å². The van der Waals surface area contributed by atoms with E-state index in [2.05, 4.69) is 5.32 Å². The number of hydrogen-bond acceptors (Lipinski definition) is 4. The van der Waals surface area contributed by atoms with E-state index in [1.807, 2.05) is 0 Å². The molecule has 0 radical (unpaired) electrons. The Bertz CT molecular complexity index is 1100. The van der Waals surface area contributed by atoms with Gasteiger partial charge in [0.1, 0.15) is 11.7 Å². The molecular weight excluding hydrogens is 370 g/mol. The summed E-state index contributed by atoms with van der Waals surface area (Å²) in [6.07, 6.45) is 0. The van der Waals surface area contributed by atoms with Gasteiger partial charge in [-0.1, -0.05) is 23.7 Å². The molecule has 0 aliphatic carbocycles. The van der Waals surface area contributed by atoms with E-state index in [4.69, 9.17) is 21.1 Å². The van der Waals surface area contributed by atoms with Crippen LogP contribution in [0.1, 0.15) is 32.4 Å². The third-order valence-electron chi connectivity index (χ3n) is 4.35. The molecule has 2 aromatic carbocycles. The van der Waals surface area contributed by atoms with E-state index >= 15 is 0 Å². The first-order valence-electron chi connectivity index (χ1n) is 8.02. The fourth-order valence-corrected chi connectivity index (χ4v) is 3.25. The van der Waals surface area contributed by atoms with E-state index in [1.165, 1.54) is 18.2 Å². The Hall–Kier alpha value is -3.38. The van der Waals surface area contributed by atoms with Crippen molar-refractivity contribution in [3.63, 3.8) is 0 Å². The van der Waals surface area contributed by atoms with Crippen LogP contribution in [0.4, 0.5) is 5.69 Å². The summed E-state index contributed by atoms with van der Waals surface area (Å²) in [4.78, 5) is 36.2. The second-order valence-electron chi connectivity index (χ2n) is 6.07. The Morgan fingerprint density at radius 2 is 1.89 bits per heavy atom. The zero-order chi connectivity index (χ0) is 19.1. The Labute approximate surface area is 158 Å². The van der Waals surface area contributed by atoms with Crippen LogP contribution >= 0.6 is 11.6 Å². The molecule has 4 rings (SSSR count). The number of carbonyl (C=O) groups excluding carboxylic acids is 2. The smallest absolute Gasteiger partial charge is 0.335 e. The van der Waals surface area contributed by atoms with E-state index in [9.17, 15) is 14.4 Å². The van der Waals surface area contributed by atoms with Crippen molar-refractivity contribution >= 4 is 34.9 Å². The van der Waals surface area contributed by atoms with E-state index in [0.717, 1.165) is 0 Å². The monoisotopic (exact) mass is 381 g/mol. The quantitative estimate of drug-likeness (QED) is 0.521. The molecule has 27 heavy (non-hydrogen) atoms. The molecule has 1 unspecified atom stereocenters. The second-order valence-corrected chi connectivity index (χ2v) is 6.50. The van der Waals surface area contributed by atoms with Crippen LogP contribution in [0.15, 0.2) is 59.0 Å². The summed E-state index contributed by atoms with van der Waals surface area (Å²) >= 11 is 5.99. The third kappa shape index (κ3) is 3.00. The maximum Gasteiger partial charge on any atom is 0.335 e. The number of carboxylic acids is 1. The van der Waals surface area contributed by atoms with Gasteiger partial charge in [0.25, 0.3) is 0 Å². The lowest BCUT2D eigenvalue weighted by atomic mass is 9.95. The van der Waals surface area contributed by atoms with Gasteiger partial charge in [-0.25, -0.2) is 4.79 Å². The van der Waals surface area contributed by atoms with Crippen LogP contribution in [-0.4, -0.2) is 22.8 Å². The Balaban J connectivity index is 1.67. The number of halogens is 1. The topological polar surface area (TPSA) is 96.6 Å². The summed E-state index contributed by atoms with van der Waals surface area (Å²) in [7, 11) is 0. The van der Waals surface area contributed by atoms with Gasteiger partial charge in [-0.05, 0) is 48.0 Å². The van der Waals surface area contributed by atoms with Crippen LogP contribution in [-0.2, 0) is 4.79 Å². The number of hydrogen-bond donors (Lipinski definition) is 2. The van der Waals surface area contributed by atoms with Gasteiger partial charge in [0.2, 0.25) is 11.7 Å². The molecule has 0 saturated carbocycles. The first-order valence-corrected chi connectivity index (χ1v) is 8.40. The van der Waals surface area contributed by atoms with E-state index in [1.54, 1.807) is 36.4 Å². The Morgan fingerprint density at radius 1 is 1.07 bits per heavy atom. The predicted octanol–water partition coefficient (Wildman–Crippen LogP) is 4.22. The summed E-state index contributed by atoms with van der Waals surface area (Å²) in [5.41, 5.74) is 1.68. The van der Waals surface area contributed by atoms with Crippen LogP contribution < -0.4 is 5.32 Å². The molecule has 6 nitrogen and oxygen atoms in total. The molecule has 1 aromatic heterocycles. The molecule has 1 atom stereocenters. The average Bonchev–Trinajstić information content (AvgIpc) is 3.25. The van der Waals surface area contributed by atoms with Crippen molar-refractivity contribution in [2.24, 2.45) is 0 Å². The highest BCUT2D eigenvalue weighted by Crippen LogP contribution is 2.37. The van der Waals surface area contributed by atoms with Gasteiger partial charge in [0.15, 0.2) is 5.76 Å². The number of benzene rings is 2. The highest BCUT2D eigenvalue weighted by Gasteiger charge is 2.38. The summed E-state index contributed by atoms with van der Waals surface area (Å²) in [5.74, 6) is -2.68. The third-order valence-corrected chi connectivity index (χ3v) is 4.58. The number of furan rings is 1. The van der Waals surface area contributed by atoms with Crippen molar-refractivity contribution in [3.8, 4) is 11.3 Å². The lowest BCUT2D eigenvalue weighted by Crippen LogP contribution is -2.20. The molecule has 0 spiro atoms. The molecule has 2 heterocycles. The Morgan fingerprint density at radius 3 is 2.67 bits per heavy atom.